The Morgan fingerprint density at radius 1 is 1.30 bits per heavy atom. The second-order valence-electron chi connectivity index (χ2n) is 4.92. The van der Waals surface area contributed by atoms with E-state index in [1.165, 1.54) is 11.3 Å². The maximum Gasteiger partial charge on any atom is 0.189 e. The van der Waals surface area contributed by atoms with E-state index in [-0.39, 0.29) is 18.5 Å². The van der Waals surface area contributed by atoms with Gasteiger partial charge in [0.05, 0.1) is 16.9 Å². The molecule has 0 bridgehead atoms. The molecule has 8 heteroatoms. The van der Waals surface area contributed by atoms with Crippen molar-refractivity contribution in [1.29, 1.82) is 0 Å². The Labute approximate surface area is 153 Å². The van der Waals surface area contributed by atoms with E-state index in [1.807, 2.05) is 13.0 Å². The highest BCUT2D eigenvalue weighted by Crippen LogP contribution is 2.27. The number of nitrogens with two attached hydrogens (primary N) is 1. The van der Waals surface area contributed by atoms with Gasteiger partial charge in [-0.3, -0.25) is 4.99 Å². The minimum atomic E-state index is -0.734. The molecule has 2 atom stereocenters. The number of halogens is 3. The zero-order valence-electron chi connectivity index (χ0n) is 12.3. The molecule has 2 unspecified atom stereocenters. The number of hydrogen-bond donors (Lipinski definition) is 3. The molecule has 0 saturated carbocycles. The number of aliphatic hydroxyl groups excluding tert-OH is 1. The van der Waals surface area contributed by atoms with Gasteiger partial charge in [0, 0.05) is 14.9 Å². The fourth-order valence-electron chi connectivity index (χ4n) is 1.98. The summed E-state index contributed by atoms with van der Waals surface area (Å²) in [5, 5.41) is 14.2. The Hall–Kier alpha value is -0.980. The van der Waals surface area contributed by atoms with Crippen molar-refractivity contribution < 1.29 is 5.11 Å². The van der Waals surface area contributed by atoms with Crippen molar-refractivity contribution in [3.63, 3.8) is 0 Å². The normalized spacial score (nSPS) is 14.6. The fourth-order valence-corrected chi connectivity index (χ4v) is 3.59. The van der Waals surface area contributed by atoms with Crippen LogP contribution in [-0.4, -0.2) is 17.6 Å². The van der Waals surface area contributed by atoms with Crippen molar-refractivity contribution >= 4 is 52.1 Å². The first kappa shape index (κ1) is 18.4. The Morgan fingerprint density at radius 2 is 2.04 bits per heavy atom. The lowest BCUT2D eigenvalue weighted by Gasteiger charge is -2.17. The predicted molar refractivity (Wildman–Crippen MR) is 98.8 cm³/mol. The molecule has 4 nitrogen and oxygen atoms in total. The van der Waals surface area contributed by atoms with Gasteiger partial charge in [-0.15, -0.1) is 11.3 Å². The monoisotopic (exact) mass is 391 g/mol. The van der Waals surface area contributed by atoms with Crippen LogP contribution >= 0.6 is 46.1 Å². The van der Waals surface area contributed by atoms with Gasteiger partial charge in [-0.05, 0) is 36.8 Å². The first-order valence-electron chi connectivity index (χ1n) is 6.81. The Morgan fingerprint density at radius 3 is 2.65 bits per heavy atom. The van der Waals surface area contributed by atoms with Gasteiger partial charge in [0.25, 0.3) is 0 Å². The van der Waals surface area contributed by atoms with Crippen molar-refractivity contribution in [3.05, 3.63) is 55.2 Å². The molecule has 0 amide bonds. The average Bonchev–Trinajstić information content (AvgIpc) is 2.91. The van der Waals surface area contributed by atoms with Crippen molar-refractivity contribution in [2.24, 2.45) is 10.7 Å². The standard InChI is InChI=1S/C15H16Cl3N3OS/c1-8(10-3-2-9(16)6-11(10)17)21-15(19)20-7-12(22)13-4-5-14(18)23-13/h2-6,8,12,22H,7H2,1H3,(H3,19,20,21). The molecule has 1 heterocycles. The Balaban J connectivity index is 1.96. The van der Waals surface area contributed by atoms with Gasteiger partial charge in [-0.1, -0.05) is 40.9 Å². The summed E-state index contributed by atoms with van der Waals surface area (Å²) in [6, 6.07) is 8.63. The second-order valence-corrected chi connectivity index (χ2v) is 7.51. The molecule has 4 N–H and O–H groups in total. The van der Waals surface area contributed by atoms with E-state index in [2.05, 4.69) is 10.3 Å². The highest BCUT2D eigenvalue weighted by atomic mass is 35.5. The van der Waals surface area contributed by atoms with Gasteiger partial charge in [0.1, 0.15) is 6.10 Å². The summed E-state index contributed by atoms with van der Waals surface area (Å²) in [5.74, 6) is 0.227. The van der Waals surface area contributed by atoms with E-state index >= 15 is 0 Å². The third-order valence-electron chi connectivity index (χ3n) is 3.15. The van der Waals surface area contributed by atoms with Crippen LogP contribution in [0.5, 0.6) is 0 Å². The minimum Gasteiger partial charge on any atom is -0.386 e. The quantitative estimate of drug-likeness (QED) is 0.521. The molecule has 0 spiro atoms. The maximum absolute atomic E-state index is 10.0. The smallest absolute Gasteiger partial charge is 0.189 e. The number of nitrogens with zero attached hydrogens (tertiary/aromatic N) is 1. The number of rotatable bonds is 5. The number of aliphatic imine (C=N–C) groups is 1. The van der Waals surface area contributed by atoms with E-state index < -0.39 is 6.10 Å². The third kappa shape index (κ3) is 5.26. The SMILES string of the molecule is CC(NC(N)=NCC(O)c1ccc(Cl)s1)c1ccc(Cl)cc1Cl. The zero-order valence-corrected chi connectivity index (χ0v) is 15.3. The molecule has 0 aliphatic carbocycles. The molecule has 1 aromatic heterocycles. The Bertz CT molecular complexity index is 705. The van der Waals surface area contributed by atoms with E-state index in [1.54, 1.807) is 24.3 Å². The summed E-state index contributed by atoms with van der Waals surface area (Å²) in [6.07, 6.45) is -0.734. The number of guanidine groups is 1. The number of thiophene rings is 1. The van der Waals surface area contributed by atoms with Crippen LogP contribution in [0.2, 0.25) is 14.4 Å². The zero-order chi connectivity index (χ0) is 17.0. The first-order valence-corrected chi connectivity index (χ1v) is 8.76. The van der Waals surface area contributed by atoms with Crippen molar-refractivity contribution in [1.82, 2.24) is 5.32 Å². The second kappa shape index (κ2) is 8.22. The molecule has 0 aliphatic rings. The van der Waals surface area contributed by atoms with Gasteiger partial charge in [0.15, 0.2) is 5.96 Å². The van der Waals surface area contributed by atoms with Crippen LogP contribution in [0.25, 0.3) is 0 Å². The van der Waals surface area contributed by atoms with Gasteiger partial charge in [-0.2, -0.15) is 0 Å². The summed E-state index contributed by atoms with van der Waals surface area (Å²) in [7, 11) is 0. The van der Waals surface area contributed by atoms with Gasteiger partial charge < -0.3 is 16.2 Å². The van der Waals surface area contributed by atoms with Crippen LogP contribution in [0.4, 0.5) is 0 Å². The lowest BCUT2D eigenvalue weighted by Crippen LogP contribution is -2.34. The minimum absolute atomic E-state index is 0.142. The van der Waals surface area contributed by atoms with Crippen LogP contribution in [0, 0.1) is 0 Å². The fraction of sp³-hybridized carbons (Fsp3) is 0.267. The molecule has 23 heavy (non-hydrogen) atoms. The molecular formula is C15H16Cl3N3OS. The van der Waals surface area contributed by atoms with Gasteiger partial charge >= 0.3 is 0 Å². The molecule has 2 aromatic rings. The number of nitrogens with one attached hydrogen (secondary N) is 1. The van der Waals surface area contributed by atoms with Crippen LogP contribution in [0.1, 0.15) is 29.5 Å². The summed E-state index contributed by atoms with van der Waals surface area (Å²) in [5.41, 5.74) is 6.72. The summed E-state index contributed by atoms with van der Waals surface area (Å²) < 4.78 is 0.625. The number of hydrogen-bond acceptors (Lipinski definition) is 3. The molecule has 124 valence electrons. The van der Waals surface area contributed by atoms with E-state index in [4.69, 9.17) is 40.5 Å². The van der Waals surface area contributed by atoms with E-state index in [9.17, 15) is 5.11 Å². The van der Waals surface area contributed by atoms with Crippen LogP contribution in [0.15, 0.2) is 35.3 Å². The number of aliphatic hydroxyl groups is 1. The topological polar surface area (TPSA) is 70.6 Å². The van der Waals surface area contributed by atoms with Crippen molar-refractivity contribution in [2.75, 3.05) is 6.54 Å². The highest BCUT2D eigenvalue weighted by Gasteiger charge is 2.12. The van der Waals surface area contributed by atoms with Crippen LogP contribution in [0.3, 0.4) is 0 Å². The summed E-state index contributed by atoms with van der Waals surface area (Å²) in [4.78, 5) is 4.90. The van der Waals surface area contributed by atoms with E-state index in [0.717, 1.165) is 10.4 Å². The molecule has 0 radical (unpaired) electrons. The maximum atomic E-state index is 10.0. The third-order valence-corrected chi connectivity index (χ3v) is 5.05. The largest absolute Gasteiger partial charge is 0.386 e. The molecule has 0 fully saturated rings. The van der Waals surface area contributed by atoms with Crippen LogP contribution in [-0.2, 0) is 0 Å². The lowest BCUT2D eigenvalue weighted by atomic mass is 10.1. The Kier molecular flexibility index (Phi) is 6.56. The van der Waals surface area contributed by atoms with Gasteiger partial charge in [0.2, 0.25) is 0 Å². The van der Waals surface area contributed by atoms with Gasteiger partial charge in [-0.25, -0.2) is 0 Å². The van der Waals surface area contributed by atoms with E-state index in [0.29, 0.717) is 14.4 Å². The van der Waals surface area contributed by atoms with Crippen molar-refractivity contribution in [2.45, 2.75) is 19.1 Å². The lowest BCUT2D eigenvalue weighted by molar-refractivity contribution is 0.191. The number of benzene rings is 1. The summed E-state index contributed by atoms with van der Waals surface area (Å²) >= 11 is 19.2. The van der Waals surface area contributed by atoms with Crippen LogP contribution < -0.4 is 11.1 Å². The molecular weight excluding hydrogens is 377 g/mol. The molecule has 1 aromatic carbocycles. The summed E-state index contributed by atoms with van der Waals surface area (Å²) in [6.45, 7) is 2.06. The predicted octanol–water partition coefficient (Wildman–Crippen LogP) is 4.41. The highest BCUT2D eigenvalue weighted by molar-refractivity contribution is 7.16. The average molecular weight is 393 g/mol. The van der Waals surface area contributed by atoms with Crippen molar-refractivity contribution in [3.8, 4) is 0 Å². The molecule has 0 aliphatic heterocycles. The molecule has 2 rings (SSSR count). The molecule has 0 saturated heterocycles. The first-order chi connectivity index (χ1) is 10.9.